The zero-order valence-electron chi connectivity index (χ0n) is 13.6. The first-order valence-corrected chi connectivity index (χ1v) is 8.25. The molecule has 0 fully saturated rings. The highest BCUT2D eigenvalue weighted by molar-refractivity contribution is 6.30. The number of hydrogen-bond donors (Lipinski definition) is 1. The average molecular weight is 347 g/mol. The molecule has 0 aliphatic heterocycles. The van der Waals surface area contributed by atoms with Crippen LogP contribution in [0.4, 0.5) is 5.69 Å². The topological polar surface area (TPSA) is 64.7 Å². The zero-order valence-corrected chi connectivity index (χ0v) is 14.3. The number of rotatable bonds is 2. The van der Waals surface area contributed by atoms with Gasteiger partial charge in [-0.15, -0.1) is 10.2 Å². The number of nitrogens with zero attached hydrogens (tertiary/aromatic N) is 3. The number of aromatic nitrogens is 3. The standard InChI is InChI=1S/C20H15ClN4/c1-12-17(22)7-6-16-18(12)20(14-8-10-23-11-9-14)25-24-19(16)13-2-4-15(21)5-3-13/h2-11H,22H2,1H3. The zero-order chi connectivity index (χ0) is 17.4. The van der Waals surface area contributed by atoms with E-state index in [4.69, 9.17) is 17.3 Å². The molecule has 25 heavy (non-hydrogen) atoms. The normalized spacial score (nSPS) is 11.0. The lowest BCUT2D eigenvalue weighted by molar-refractivity contribution is 1.06. The molecular formula is C20H15ClN4. The van der Waals surface area contributed by atoms with Crippen LogP contribution >= 0.6 is 11.6 Å². The fourth-order valence-corrected chi connectivity index (χ4v) is 3.09. The van der Waals surface area contributed by atoms with Crippen molar-refractivity contribution < 1.29 is 0 Å². The van der Waals surface area contributed by atoms with Crippen LogP contribution in [0.1, 0.15) is 5.56 Å². The Balaban J connectivity index is 2.06. The van der Waals surface area contributed by atoms with Gasteiger partial charge in [0.15, 0.2) is 0 Å². The number of halogens is 1. The van der Waals surface area contributed by atoms with E-state index in [0.29, 0.717) is 5.02 Å². The molecule has 4 nitrogen and oxygen atoms in total. The summed E-state index contributed by atoms with van der Waals surface area (Å²) in [4.78, 5) is 4.08. The molecule has 0 amide bonds. The molecule has 0 aliphatic rings. The second kappa shape index (κ2) is 6.15. The predicted molar refractivity (Wildman–Crippen MR) is 102 cm³/mol. The molecule has 4 aromatic rings. The molecule has 0 atom stereocenters. The van der Waals surface area contributed by atoms with Crippen molar-refractivity contribution in [2.75, 3.05) is 5.73 Å². The molecule has 4 rings (SSSR count). The molecule has 5 heteroatoms. The minimum atomic E-state index is 0.690. The van der Waals surface area contributed by atoms with Crippen molar-refractivity contribution in [3.8, 4) is 22.5 Å². The first-order chi connectivity index (χ1) is 12.1. The quantitative estimate of drug-likeness (QED) is 0.524. The van der Waals surface area contributed by atoms with Gasteiger partial charge >= 0.3 is 0 Å². The number of fused-ring (bicyclic) bond motifs is 1. The smallest absolute Gasteiger partial charge is 0.101 e. The van der Waals surface area contributed by atoms with Crippen LogP contribution in [-0.2, 0) is 0 Å². The minimum absolute atomic E-state index is 0.690. The Labute approximate surface area is 150 Å². The summed E-state index contributed by atoms with van der Waals surface area (Å²) in [5.41, 5.74) is 11.4. The van der Waals surface area contributed by atoms with E-state index < -0.39 is 0 Å². The van der Waals surface area contributed by atoms with Crippen molar-refractivity contribution >= 4 is 28.1 Å². The van der Waals surface area contributed by atoms with E-state index in [2.05, 4.69) is 15.2 Å². The summed E-state index contributed by atoms with van der Waals surface area (Å²) in [5.74, 6) is 0. The number of nitrogens with two attached hydrogens (primary N) is 1. The second-order valence-electron chi connectivity index (χ2n) is 5.84. The summed E-state index contributed by atoms with van der Waals surface area (Å²) in [7, 11) is 0. The molecule has 2 aromatic heterocycles. The van der Waals surface area contributed by atoms with Crippen LogP contribution in [0.2, 0.25) is 5.02 Å². The third-order valence-electron chi connectivity index (χ3n) is 4.32. The first kappa shape index (κ1) is 15.5. The van der Waals surface area contributed by atoms with Crippen LogP contribution in [-0.4, -0.2) is 15.2 Å². The number of hydrogen-bond acceptors (Lipinski definition) is 4. The van der Waals surface area contributed by atoms with Gasteiger partial charge in [0.1, 0.15) is 11.4 Å². The van der Waals surface area contributed by atoms with Crippen LogP contribution in [0.25, 0.3) is 33.3 Å². The molecule has 2 aromatic carbocycles. The maximum absolute atomic E-state index is 6.16. The van der Waals surface area contributed by atoms with Gasteiger partial charge in [-0.1, -0.05) is 23.7 Å². The van der Waals surface area contributed by atoms with Crippen LogP contribution in [0.3, 0.4) is 0 Å². The van der Waals surface area contributed by atoms with E-state index in [-0.39, 0.29) is 0 Å². The number of nitrogen functional groups attached to an aromatic ring is 1. The van der Waals surface area contributed by atoms with Crippen molar-refractivity contribution in [2.24, 2.45) is 0 Å². The Morgan fingerprint density at radius 3 is 2.16 bits per heavy atom. The molecule has 0 bridgehead atoms. The van der Waals surface area contributed by atoms with Gasteiger partial charge in [-0.25, -0.2) is 0 Å². The number of anilines is 1. The van der Waals surface area contributed by atoms with E-state index in [9.17, 15) is 0 Å². The largest absolute Gasteiger partial charge is 0.398 e. The Morgan fingerprint density at radius 2 is 1.44 bits per heavy atom. The highest BCUT2D eigenvalue weighted by Crippen LogP contribution is 2.36. The maximum atomic E-state index is 6.16. The molecule has 0 aliphatic carbocycles. The monoisotopic (exact) mass is 346 g/mol. The van der Waals surface area contributed by atoms with E-state index >= 15 is 0 Å². The summed E-state index contributed by atoms with van der Waals surface area (Å²) in [6.45, 7) is 2.01. The van der Waals surface area contributed by atoms with Gasteiger partial charge in [0.2, 0.25) is 0 Å². The van der Waals surface area contributed by atoms with E-state index in [0.717, 1.165) is 44.5 Å². The van der Waals surface area contributed by atoms with Crippen molar-refractivity contribution in [1.82, 2.24) is 15.2 Å². The van der Waals surface area contributed by atoms with Crippen molar-refractivity contribution in [2.45, 2.75) is 6.92 Å². The summed E-state index contributed by atoms with van der Waals surface area (Å²) >= 11 is 6.01. The van der Waals surface area contributed by atoms with Gasteiger partial charge in [-0.05, 0) is 48.9 Å². The molecule has 2 N–H and O–H groups in total. The maximum Gasteiger partial charge on any atom is 0.101 e. The van der Waals surface area contributed by atoms with E-state index in [1.165, 1.54) is 0 Å². The van der Waals surface area contributed by atoms with E-state index in [1.807, 2.05) is 55.5 Å². The van der Waals surface area contributed by atoms with E-state index in [1.54, 1.807) is 12.4 Å². The fourth-order valence-electron chi connectivity index (χ4n) is 2.97. The third kappa shape index (κ3) is 2.71. The Kier molecular flexibility index (Phi) is 3.82. The fraction of sp³-hybridized carbons (Fsp3) is 0.0500. The van der Waals surface area contributed by atoms with Crippen molar-refractivity contribution in [1.29, 1.82) is 0 Å². The number of aryl methyl sites for hydroxylation is 1. The molecular weight excluding hydrogens is 332 g/mol. The molecule has 0 saturated carbocycles. The Hall–Kier alpha value is -2.98. The first-order valence-electron chi connectivity index (χ1n) is 7.87. The van der Waals surface area contributed by atoms with Gasteiger partial charge < -0.3 is 5.73 Å². The van der Waals surface area contributed by atoms with Crippen LogP contribution < -0.4 is 5.73 Å². The molecule has 0 spiro atoms. The Morgan fingerprint density at radius 1 is 0.800 bits per heavy atom. The highest BCUT2D eigenvalue weighted by Gasteiger charge is 2.15. The number of pyridine rings is 1. The SMILES string of the molecule is Cc1c(N)ccc2c(-c3ccc(Cl)cc3)nnc(-c3ccncc3)c12. The van der Waals surface area contributed by atoms with Crippen LogP contribution in [0.15, 0.2) is 60.9 Å². The third-order valence-corrected chi connectivity index (χ3v) is 4.57. The molecule has 0 unspecified atom stereocenters. The lowest BCUT2D eigenvalue weighted by Gasteiger charge is -2.13. The summed E-state index contributed by atoms with van der Waals surface area (Å²) < 4.78 is 0. The van der Waals surface area contributed by atoms with Gasteiger partial charge in [0, 0.05) is 45.0 Å². The van der Waals surface area contributed by atoms with Gasteiger partial charge in [0.05, 0.1) is 0 Å². The molecule has 122 valence electrons. The van der Waals surface area contributed by atoms with Gasteiger partial charge in [0.25, 0.3) is 0 Å². The average Bonchev–Trinajstić information content (AvgIpc) is 2.65. The molecule has 0 saturated heterocycles. The van der Waals surface area contributed by atoms with Gasteiger partial charge in [-0.3, -0.25) is 4.98 Å². The molecule has 0 radical (unpaired) electrons. The summed E-state index contributed by atoms with van der Waals surface area (Å²) in [6.07, 6.45) is 3.50. The van der Waals surface area contributed by atoms with Crippen molar-refractivity contribution in [3.05, 3.63) is 71.5 Å². The second-order valence-corrected chi connectivity index (χ2v) is 6.28. The van der Waals surface area contributed by atoms with Gasteiger partial charge in [-0.2, -0.15) is 0 Å². The van der Waals surface area contributed by atoms with Crippen molar-refractivity contribution in [3.63, 3.8) is 0 Å². The minimum Gasteiger partial charge on any atom is -0.398 e. The summed E-state index contributed by atoms with van der Waals surface area (Å²) in [5, 5.41) is 11.7. The highest BCUT2D eigenvalue weighted by atomic mass is 35.5. The lowest BCUT2D eigenvalue weighted by Crippen LogP contribution is -1.99. The Bertz CT molecular complexity index is 1060. The summed E-state index contributed by atoms with van der Waals surface area (Å²) in [6, 6.07) is 15.4. The molecule has 2 heterocycles. The predicted octanol–water partition coefficient (Wildman–Crippen LogP) is 4.90. The van der Waals surface area contributed by atoms with Crippen LogP contribution in [0.5, 0.6) is 0 Å². The van der Waals surface area contributed by atoms with Crippen LogP contribution in [0, 0.1) is 6.92 Å². The lowest BCUT2D eigenvalue weighted by atomic mass is 9.96. The number of benzene rings is 2.